The molecule has 31 valence electrons. The molecule has 2 N–H and O–H groups in total. The highest BCUT2D eigenvalue weighted by Gasteiger charge is 1.89. The van der Waals surface area contributed by atoms with E-state index in [4.69, 9.17) is 5.73 Å². The van der Waals surface area contributed by atoms with E-state index in [-0.39, 0.29) is 0 Å². The summed E-state index contributed by atoms with van der Waals surface area (Å²) in [5, 5.41) is 3.45. The lowest BCUT2D eigenvalue weighted by Gasteiger charge is -1.79. The van der Waals surface area contributed by atoms with Crippen LogP contribution in [0.1, 0.15) is 0 Å². The van der Waals surface area contributed by atoms with Gasteiger partial charge in [0.15, 0.2) is 0 Å². The molecule has 0 aliphatic carbocycles. The Morgan fingerprint density at radius 2 is 2.50 bits per heavy atom. The lowest BCUT2D eigenvalue weighted by molar-refractivity contribution is 0.881. The van der Waals surface area contributed by atoms with Gasteiger partial charge >= 0.3 is 0 Å². The van der Waals surface area contributed by atoms with Crippen LogP contribution in [0.5, 0.6) is 0 Å². The third-order valence-corrected chi connectivity index (χ3v) is 0.485. The molecule has 0 bridgehead atoms. The zero-order chi connectivity index (χ0) is 4.41. The first kappa shape index (κ1) is 3.21. The summed E-state index contributed by atoms with van der Waals surface area (Å²) >= 11 is 0. The molecule has 0 unspecified atom stereocenters. The van der Waals surface area contributed by atoms with E-state index in [0.29, 0.717) is 5.82 Å². The van der Waals surface area contributed by atoms with Crippen LogP contribution in [0.15, 0.2) is 17.0 Å². The zero-order valence-electron chi connectivity index (χ0n) is 3.13. The molecule has 0 aromatic carbocycles. The van der Waals surface area contributed by atoms with Crippen molar-refractivity contribution in [2.45, 2.75) is 0 Å². The Kier molecular flexibility index (Phi) is 0.538. The standard InChI is InChI=1S/C3H4N3/c4-3-1-2-5-6-3/h1-2H,4H2. The van der Waals surface area contributed by atoms with Gasteiger partial charge in [0.1, 0.15) is 5.82 Å². The third-order valence-electron chi connectivity index (χ3n) is 0.485. The Hall–Kier alpha value is -0.990. The Balaban J connectivity index is 2.61. The van der Waals surface area contributed by atoms with Crippen molar-refractivity contribution in [1.29, 1.82) is 0 Å². The molecule has 0 saturated heterocycles. The van der Waals surface area contributed by atoms with Crippen molar-refractivity contribution < 1.29 is 0 Å². The van der Waals surface area contributed by atoms with Gasteiger partial charge in [-0.05, 0) is 0 Å². The van der Waals surface area contributed by atoms with Crippen molar-refractivity contribution in [2.75, 3.05) is 0 Å². The van der Waals surface area contributed by atoms with Gasteiger partial charge < -0.3 is 5.73 Å². The van der Waals surface area contributed by atoms with Crippen LogP contribution in [0.3, 0.4) is 0 Å². The fourth-order valence-corrected chi connectivity index (χ4v) is 0.243. The highest BCUT2D eigenvalue weighted by Crippen LogP contribution is 1.82. The number of allylic oxidation sites excluding steroid dienone is 1. The van der Waals surface area contributed by atoms with Crippen LogP contribution in [0.4, 0.5) is 0 Å². The fourth-order valence-electron chi connectivity index (χ4n) is 0.243. The molecular weight excluding hydrogens is 78.1 g/mol. The first-order chi connectivity index (χ1) is 2.89. The Morgan fingerprint density at radius 1 is 1.67 bits per heavy atom. The average Bonchev–Trinajstić information content (AvgIpc) is 1.86. The molecule has 1 rings (SSSR count). The van der Waals surface area contributed by atoms with Crippen molar-refractivity contribution in [3.05, 3.63) is 11.9 Å². The van der Waals surface area contributed by atoms with Crippen molar-refractivity contribution in [3.63, 3.8) is 0 Å². The highest BCUT2D eigenvalue weighted by molar-refractivity contribution is 5.73. The van der Waals surface area contributed by atoms with Gasteiger partial charge in [-0.3, -0.25) is 0 Å². The summed E-state index contributed by atoms with van der Waals surface area (Å²) < 4.78 is 0. The predicted molar refractivity (Wildman–Crippen MR) is 22.9 cm³/mol. The summed E-state index contributed by atoms with van der Waals surface area (Å²) in [5.74, 6) is 0.481. The lowest BCUT2D eigenvalue weighted by atomic mass is 10.6. The van der Waals surface area contributed by atoms with E-state index in [1.165, 1.54) is 0 Å². The third kappa shape index (κ3) is 0.337. The minimum atomic E-state index is 0.481. The fraction of sp³-hybridized carbons (Fsp3) is 0. The van der Waals surface area contributed by atoms with E-state index in [2.05, 4.69) is 10.5 Å². The molecule has 3 heteroatoms. The van der Waals surface area contributed by atoms with E-state index < -0.39 is 0 Å². The minimum absolute atomic E-state index is 0.481. The molecule has 3 nitrogen and oxygen atoms in total. The summed E-state index contributed by atoms with van der Waals surface area (Å²) in [5.41, 5.74) is 8.55. The molecule has 1 heterocycles. The van der Waals surface area contributed by atoms with E-state index in [1.807, 2.05) is 0 Å². The second-order valence-corrected chi connectivity index (χ2v) is 0.956. The van der Waals surface area contributed by atoms with Crippen LogP contribution in [0.25, 0.3) is 0 Å². The van der Waals surface area contributed by atoms with Crippen LogP contribution in [-0.2, 0) is 0 Å². The SMILES string of the molecule is NC1=CC=N[N]1. The second-order valence-electron chi connectivity index (χ2n) is 0.956. The molecule has 0 aromatic rings. The minimum Gasteiger partial charge on any atom is -0.382 e. The highest BCUT2D eigenvalue weighted by atomic mass is 15.3. The molecule has 1 aliphatic rings. The van der Waals surface area contributed by atoms with Gasteiger partial charge in [-0.1, -0.05) is 0 Å². The monoisotopic (exact) mass is 82.0 g/mol. The van der Waals surface area contributed by atoms with E-state index in [9.17, 15) is 0 Å². The zero-order valence-corrected chi connectivity index (χ0v) is 3.13. The van der Waals surface area contributed by atoms with Crippen LogP contribution in [-0.4, -0.2) is 6.21 Å². The first-order valence-corrected chi connectivity index (χ1v) is 1.59. The lowest BCUT2D eigenvalue weighted by Crippen LogP contribution is -2.01. The van der Waals surface area contributed by atoms with Gasteiger partial charge in [0, 0.05) is 6.08 Å². The van der Waals surface area contributed by atoms with E-state index >= 15 is 0 Å². The molecule has 0 saturated carbocycles. The summed E-state index contributed by atoms with van der Waals surface area (Å²) in [6.45, 7) is 0. The molecule has 1 aliphatic heterocycles. The molecule has 1 radical (unpaired) electrons. The molecule has 0 amide bonds. The maximum atomic E-state index is 5.10. The molecule has 0 atom stereocenters. The Morgan fingerprint density at radius 3 is 2.67 bits per heavy atom. The van der Waals surface area contributed by atoms with Crippen LogP contribution < -0.4 is 11.2 Å². The molecular formula is C3H4N3. The maximum Gasteiger partial charge on any atom is 0.147 e. The topological polar surface area (TPSA) is 52.5 Å². The van der Waals surface area contributed by atoms with Gasteiger partial charge in [-0.25, -0.2) is 0 Å². The number of rotatable bonds is 0. The quantitative estimate of drug-likeness (QED) is 0.416. The predicted octanol–water partition coefficient (Wildman–Crippen LogP) is -0.610. The van der Waals surface area contributed by atoms with Crippen molar-refractivity contribution >= 4 is 6.21 Å². The van der Waals surface area contributed by atoms with Gasteiger partial charge in [0.25, 0.3) is 0 Å². The second kappa shape index (κ2) is 1.01. The van der Waals surface area contributed by atoms with Crippen molar-refractivity contribution in [2.24, 2.45) is 10.8 Å². The number of hydrogen-bond acceptors (Lipinski definition) is 2. The maximum absolute atomic E-state index is 5.10. The van der Waals surface area contributed by atoms with Crippen molar-refractivity contribution in [1.82, 2.24) is 5.43 Å². The smallest absolute Gasteiger partial charge is 0.147 e. The summed E-state index contributed by atoms with van der Waals surface area (Å²) in [6.07, 6.45) is 3.19. The Labute approximate surface area is 35.5 Å². The van der Waals surface area contributed by atoms with Crippen LogP contribution in [0.2, 0.25) is 0 Å². The Bertz CT molecular complexity index is 103. The first-order valence-electron chi connectivity index (χ1n) is 1.59. The van der Waals surface area contributed by atoms with Gasteiger partial charge in [-0.15, -0.1) is 5.43 Å². The van der Waals surface area contributed by atoms with E-state index in [0.717, 1.165) is 0 Å². The van der Waals surface area contributed by atoms with E-state index in [1.54, 1.807) is 12.3 Å². The van der Waals surface area contributed by atoms with Crippen LogP contribution >= 0.6 is 0 Å². The molecule has 6 heavy (non-hydrogen) atoms. The number of hydrogen-bond donors (Lipinski definition) is 1. The summed E-state index contributed by atoms with van der Waals surface area (Å²) in [6, 6.07) is 0. The molecule has 0 aromatic heterocycles. The normalized spacial score (nSPS) is 17.0. The summed E-state index contributed by atoms with van der Waals surface area (Å²) in [4.78, 5) is 0. The van der Waals surface area contributed by atoms with Crippen LogP contribution in [0, 0.1) is 0 Å². The number of nitrogens with two attached hydrogens (primary N) is 1. The molecule has 0 fully saturated rings. The largest absolute Gasteiger partial charge is 0.382 e. The number of nitrogens with zero attached hydrogens (tertiary/aromatic N) is 2. The van der Waals surface area contributed by atoms with Gasteiger partial charge in [-0.2, -0.15) is 5.10 Å². The summed E-state index contributed by atoms with van der Waals surface area (Å²) in [7, 11) is 0. The van der Waals surface area contributed by atoms with Crippen molar-refractivity contribution in [3.8, 4) is 0 Å². The van der Waals surface area contributed by atoms with Gasteiger partial charge in [0.2, 0.25) is 0 Å². The van der Waals surface area contributed by atoms with Gasteiger partial charge in [0.05, 0.1) is 6.21 Å². The molecule has 0 spiro atoms. The average molecular weight is 82.1 g/mol.